The van der Waals surface area contributed by atoms with Gasteiger partial charge in [-0.2, -0.15) is 0 Å². The molecule has 5 nitrogen and oxygen atoms in total. The number of aromatic nitrogens is 2. The van der Waals surface area contributed by atoms with Gasteiger partial charge in [0.05, 0.1) is 11.1 Å². The highest BCUT2D eigenvalue weighted by Crippen LogP contribution is 2.26. The number of H-pyrrole nitrogens is 1. The Morgan fingerprint density at radius 2 is 2.21 bits per heavy atom. The minimum Gasteiger partial charge on any atom is -0.347 e. The van der Waals surface area contributed by atoms with Crippen LogP contribution in [0.4, 0.5) is 0 Å². The van der Waals surface area contributed by atoms with E-state index < -0.39 is 16.1 Å². The molecule has 0 aliphatic rings. The van der Waals surface area contributed by atoms with Gasteiger partial charge in [0.1, 0.15) is 10.7 Å². The molecule has 1 aromatic heterocycles. The van der Waals surface area contributed by atoms with Gasteiger partial charge in [0.15, 0.2) is 0 Å². The number of hydrogen-bond donors (Lipinski definition) is 2. The van der Waals surface area contributed by atoms with E-state index in [0.717, 1.165) is 4.47 Å². The molecule has 1 heterocycles. The SMILES string of the molecule is CC(NS(=O)(=O)c1ccc(Br)cc1Cl)c1ncc[nH]1. The van der Waals surface area contributed by atoms with Crippen molar-refractivity contribution in [3.8, 4) is 0 Å². The van der Waals surface area contributed by atoms with Crippen molar-refractivity contribution >= 4 is 37.6 Å². The fraction of sp³-hybridized carbons (Fsp3) is 0.182. The van der Waals surface area contributed by atoms with Gasteiger partial charge in [0.25, 0.3) is 0 Å². The Balaban J connectivity index is 2.28. The summed E-state index contributed by atoms with van der Waals surface area (Å²) >= 11 is 9.18. The van der Waals surface area contributed by atoms with E-state index in [1.807, 2.05) is 0 Å². The molecule has 1 unspecified atom stereocenters. The summed E-state index contributed by atoms with van der Waals surface area (Å²) in [6, 6.07) is 4.13. The first-order chi connectivity index (χ1) is 8.90. The third kappa shape index (κ3) is 3.36. The van der Waals surface area contributed by atoms with Crippen LogP contribution in [-0.2, 0) is 10.0 Å². The van der Waals surface area contributed by atoms with E-state index in [2.05, 4.69) is 30.6 Å². The second kappa shape index (κ2) is 5.62. The molecule has 0 saturated carbocycles. The Labute approximate surface area is 124 Å². The predicted octanol–water partition coefficient (Wildman–Crippen LogP) is 2.87. The maximum atomic E-state index is 12.2. The molecule has 8 heteroatoms. The summed E-state index contributed by atoms with van der Waals surface area (Å²) in [5, 5.41) is 0.161. The van der Waals surface area contributed by atoms with Gasteiger partial charge in [-0.25, -0.2) is 18.1 Å². The molecule has 2 aromatic rings. The lowest BCUT2D eigenvalue weighted by Gasteiger charge is -2.13. The van der Waals surface area contributed by atoms with E-state index in [1.54, 1.807) is 25.4 Å². The summed E-state index contributed by atoms with van der Waals surface area (Å²) in [6.45, 7) is 1.70. The highest BCUT2D eigenvalue weighted by atomic mass is 79.9. The molecule has 0 spiro atoms. The van der Waals surface area contributed by atoms with Gasteiger partial charge in [-0.1, -0.05) is 27.5 Å². The molecule has 1 aromatic carbocycles. The molecule has 0 radical (unpaired) electrons. The Bertz CT molecular complexity index is 673. The van der Waals surface area contributed by atoms with E-state index in [9.17, 15) is 8.42 Å². The van der Waals surface area contributed by atoms with Crippen molar-refractivity contribution in [2.24, 2.45) is 0 Å². The predicted molar refractivity (Wildman–Crippen MR) is 76.5 cm³/mol. The Kier molecular flexibility index (Phi) is 4.29. The van der Waals surface area contributed by atoms with E-state index in [4.69, 9.17) is 11.6 Å². The summed E-state index contributed by atoms with van der Waals surface area (Å²) in [4.78, 5) is 6.90. The summed E-state index contributed by atoms with van der Waals surface area (Å²) in [5.74, 6) is 0.539. The Morgan fingerprint density at radius 1 is 1.47 bits per heavy atom. The number of sulfonamides is 1. The third-order valence-corrected chi connectivity index (χ3v) is 4.96. The fourth-order valence-electron chi connectivity index (χ4n) is 1.56. The van der Waals surface area contributed by atoms with Crippen LogP contribution < -0.4 is 4.72 Å². The molecule has 2 N–H and O–H groups in total. The van der Waals surface area contributed by atoms with Crippen LogP contribution in [0, 0.1) is 0 Å². The molecular weight excluding hydrogens is 354 g/mol. The van der Waals surface area contributed by atoms with Gasteiger partial charge in [-0.3, -0.25) is 0 Å². The average molecular weight is 365 g/mol. The monoisotopic (exact) mass is 363 g/mol. The molecule has 0 saturated heterocycles. The minimum absolute atomic E-state index is 0.0378. The highest BCUT2D eigenvalue weighted by Gasteiger charge is 2.22. The van der Waals surface area contributed by atoms with E-state index in [1.165, 1.54) is 12.1 Å². The van der Waals surface area contributed by atoms with Crippen LogP contribution in [0.15, 0.2) is 40.0 Å². The smallest absolute Gasteiger partial charge is 0.242 e. The van der Waals surface area contributed by atoms with Crippen molar-refractivity contribution in [2.75, 3.05) is 0 Å². The molecule has 0 amide bonds. The Hall–Kier alpha value is -0.890. The molecule has 0 aliphatic heterocycles. The lowest BCUT2D eigenvalue weighted by atomic mass is 10.3. The topological polar surface area (TPSA) is 74.8 Å². The van der Waals surface area contributed by atoms with Gasteiger partial charge >= 0.3 is 0 Å². The van der Waals surface area contributed by atoms with Crippen LogP contribution in [0.2, 0.25) is 5.02 Å². The molecule has 0 aliphatic carbocycles. The quantitative estimate of drug-likeness (QED) is 0.876. The van der Waals surface area contributed by atoms with Gasteiger partial charge in [0.2, 0.25) is 10.0 Å². The van der Waals surface area contributed by atoms with Crippen molar-refractivity contribution in [2.45, 2.75) is 17.9 Å². The Morgan fingerprint density at radius 3 is 2.79 bits per heavy atom. The minimum atomic E-state index is -3.70. The second-order valence-electron chi connectivity index (χ2n) is 3.89. The number of benzene rings is 1. The van der Waals surface area contributed by atoms with Crippen molar-refractivity contribution in [3.63, 3.8) is 0 Å². The lowest BCUT2D eigenvalue weighted by Crippen LogP contribution is -2.27. The van der Waals surface area contributed by atoms with Gasteiger partial charge < -0.3 is 4.98 Å². The molecule has 2 rings (SSSR count). The van der Waals surface area contributed by atoms with Gasteiger partial charge in [-0.15, -0.1) is 0 Å². The largest absolute Gasteiger partial charge is 0.347 e. The highest BCUT2D eigenvalue weighted by molar-refractivity contribution is 9.10. The maximum absolute atomic E-state index is 12.2. The third-order valence-electron chi connectivity index (χ3n) is 2.44. The first-order valence-electron chi connectivity index (χ1n) is 5.37. The second-order valence-corrected chi connectivity index (χ2v) is 6.90. The number of aromatic amines is 1. The summed E-state index contributed by atoms with van der Waals surface area (Å²) in [6.07, 6.45) is 3.19. The zero-order chi connectivity index (χ0) is 14.0. The van der Waals surface area contributed by atoms with Crippen LogP contribution in [0.5, 0.6) is 0 Å². The first kappa shape index (κ1) is 14.5. The molecular formula is C11H11BrClN3O2S. The zero-order valence-corrected chi connectivity index (χ0v) is 13.1. The summed E-state index contributed by atoms with van der Waals surface area (Å²) < 4.78 is 27.7. The first-order valence-corrected chi connectivity index (χ1v) is 8.02. The van der Waals surface area contributed by atoms with Crippen molar-refractivity contribution in [1.82, 2.24) is 14.7 Å². The standard InChI is InChI=1S/C11H11BrClN3O2S/c1-7(11-14-4-5-15-11)16-19(17,18)10-3-2-8(12)6-9(10)13/h2-7,16H,1H3,(H,14,15). The molecule has 0 bridgehead atoms. The number of rotatable bonds is 4. The van der Waals surface area contributed by atoms with Crippen molar-refractivity contribution in [3.05, 3.63) is 45.9 Å². The summed E-state index contributed by atoms with van der Waals surface area (Å²) in [7, 11) is -3.70. The summed E-state index contributed by atoms with van der Waals surface area (Å²) in [5.41, 5.74) is 0. The fourth-order valence-corrected chi connectivity index (χ4v) is 3.80. The zero-order valence-electron chi connectivity index (χ0n) is 9.89. The lowest BCUT2D eigenvalue weighted by molar-refractivity contribution is 0.561. The van der Waals surface area contributed by atoms with Crippen LogP contribution in [0.1, 0.15) is 18.8 Å². The average Bonchev–Trinajstić information content (AvgIpc) is 2.80. The molecule has 19 heavy (non-hydrogen) atoms. The normalized spacial score (nSPS) is 13.4. The number of nitrogens with one attached hydrogen (secondary N) is 2. The number of imidazole rings is 1. The van der Waals surface area contributed by atoms with Gasteiger partial charge in [0, 0.05) is 16.9 Å². The van der Waals surface area contributed by atoms with Crippen molar-refractivity contribution in [1.29, 1.82) is 0 Å². The molecule has 102 valence electrons. The number of halogens is 2. The van der Waals surface area contributed by atoms with Crippen LogP contribution >= 0.6 is 27.5 Å². The van der Waals surface area contributed by atoms with E-state index in [-0.39, 0.29) is 9.92 Å². The van der Waals surface area contributed by atoms with Crippen LogP contribution in [-0.4, -0.2) is 18.4 Å². The van der Waals surface area contributed by atoms with Crippen LogP contribution in [0.3, 0.4) is 0 Å². The van der Waals surface area contributed by atoms with E-state index in [0.29, 0.717) is 5.82 Å². The molecule has 0 fully saturated rings. The number of hydrogen-bond acceptors (Lipinski definition) is 3. The van der Waals surface area contributed by atoms with Crippen LogP contribution in [0.25, 0.3) is 0 Å². The van der Waals surface area contributed by atoms with E-state index >= 15 is 0 Å². The maximum Gasteiger partial charge on any atom is 0.242 e. The van der Waals surface area contributed by atoms with Crippen molar-refractivity contribution < 1.29 is 8.42 Å². The molecule has 1 atom stereocenters. The number of nitrogens with zero attached hydrogens (tertiary/aromatic N) is 1. The van der Waals surface area contributed by atoms with Gasteiger partial charge in [-0.05, 0) is 25.1 Å².